The number of methoxy groups -OCH3 is 1. The summed E-state index contributed by atoms with van der Waals surface area (Å²) in [5.74, 6) is 0.762. The Morgan fingerprint density at radius 2 is 2.14 bits per heavy atom. The fourth-order valence-corrected chi connectivity index (χ4v) is 3.23. The molecule has 21 heavy (non-hydrogen) atoms. The van der Waals surface area contributed by atoms with Crippen molar-refractivity contribution in [2.24, 2.45) is 0 Å². The molecule has 4 nitrogen and oxygen atoms in total. The molecule has 1 saturated heterocycles. The number of ether oxygens (including phenoxy) is 1. The van der Waals surface area contributed by atoms with Crippen LogP contribution in [-0.4, -0.2) is 42.2 Å². The molecule has 2 rings (SSSR count). The zero-order chi connectivity index (χ0) is 15.1. The van der Waals surface area contributed by atoms with E-state index in [-0.39, 0.29) is 0 Å². The highest BCUT2D eigenvalue weighted by atomic mass is 16.5. The van der Waals surface area contributed by atoms with Gasteiger partial charge < -0.3 is 10.1 Å². The number of hydrogen-bond donors (Lipinski definition) is 1. The van der Waals surface area contributed by atoms with Crippen molar-refractivity contribution in [3.05, 3.63) is 23.9 Å². The van der Waals surface area contributed by atoms with Crippen LogP contribution in [0.4, 0.5) is 0 Å². The lowest BCUT2D eigenvalue weighted by atomic mass is 10.0. The number of hydrogen-bond acceptors (Lipinski definition) is 4. The van der Waals surface area contributed by atoms with Gasteiger partial charge in [-0.2, -0.15) is 0 Å². The number of aromatic nitrogens is 1. The van der Waals surface area contributed by atoms with Gasteiger partial charge in [-0.3, -0.25) is 4.90 Å². The first kappa shape index (κ1) is 16.2. The summed E-state index contributed by atoms with van der Waals surface area (Å²) in [4.78, 5) is 6.94. The van der Waals surface area contributed by atoms with Crippen LogP contribution in [0.5, 0.6) is 5.88 Å². The average Bonchev–Trinajstić information content (AvgIpc) is 2.51. The number of nitrogens with one attached hydrogen (secondary N) is 1. The van der Waals surface area contributed by atoms with E-state index in [0.717, 1.165) is 25.5 Å². The first-order chi connectivity index (χ1) is 10.3. The van der Waals surface area contributed by atoms with Crippen LogP contribution in [0.2, 0.25) is 0 Å². The largest absolute Gasteiger partial charge is 0.481 e. The van der Waals surface area contributed by atoms with Crippen LogP contribution >= 0.6 is 0 Å². The third kappa shape index (κ3) is 4.42. The highest BCUT2D eigenvalue weighted by Gasteiger charge is 2.27. The smallest absolute Gasteiger partial charge is 0.217 e. The highest BCUT2D eigenvalue weighted by Crippen LogP contribution is 2.21. The van der Waals surface area contributed by atoms with E-state index in [9.17, 15) is 0 Å². The number of nitrogens with zero attached hydrogens (tertiary/aromatic N) is 2. The molecule has 2 unspecified atom stereocenters. The molecule has 0 spiro atoms. The summed E-state index contributed by atoms with van der Waals surface area (Å²) >= 11 is 0. The zero-order valence-electron chi connectivity index (χ0n) is 13.6. The molecule has 0 radical (unpaired) electrons. The summed E-state index contributed by atoms with van der Waals surface area (Å²) < 4.78 is 5.40. The van der Waals surface area contributed by atoms with Gasteiger partial charge in [0.1, 0.15) is 0 Å². The SMILES string of the molecule is CCCC1CN(Cc2cccnc2OC)C(CCC)CN1. The molecule has 0 amide bonds. The van der Waals surface area contributed by atoms with Crippen LogP contribution in [0.15, 0.2) is 18.3 Å². The first-order valence-corrected chi connectivity index (χ1v) is 8.23. The molecule has 1 aromatic heterocycles. The minimum atomic E-state index is 0.616. The molecule has 0 bridgehead atoms. The Kier molecular flexibility index (Phi) is 6.46. The van der Waals surface area contributed by atoms with Crippen LogP contribution < -0.4 is 10.1 Å². The Morgan fingerprint density at radius 1 is 1.33 bits per heavy atom. The highest BCUT2D eigenvalue weighted by molar-refractivity contribution is 5.25. The molecule has 2 atom stereocenters. The van der Waals surface area contributed by atoms with E-state index in [0.29, 0.717) is 12.1 Å². The summed E-state index contributed by atoms with van der Waals surface area (Å²) in [6, 6.07) is 5.36. The van der Waals surface area contributed by atoms with Crippen molar-refractivity contribution in [2.45, 2.75) is 58.2 Å². The van der Waals surface area contributed by atoms with Gasteiger partial charge in [-0.1, -0.05) is 32.8 Å². The molecule has 0 aromatic carbocycles. The monoisotopic (exact) mass is 291 g/mol. The summed E-state index contributed by atoms with van der Waals surface area (Å²) in [6.07, 6.45) is 6.75. The van der Waals surface area contributed by atoms with Gasteiger partial charge in [-0.25, -0.2) is 4.98 Å². The summed E-state index contributed by atoms with van der Waals surface area (Å²) in [6.45, 7) is 7.68. The van der Waals surface area contributed by atoms with Crippen molar-refractivity contribution in [1.29, 1.82) is 0 Å². The van der Waals surface area contributed by atoms with Crippen molar-refractivity contribution in [3.8, 4) is 5.88 Å². The fourth-order valence-electron chi connectivity index (χ4n) is 3.23. The predicted octanol–water partition coefficient (Wildman–Crippen LogP) is 2.83. The summed E-state index contributed by atoms with van der Waals surface area (Å²) in [5.41, 5.74) is 1.19. The minimum Gasteiger partial charge on any atom is -0.481 e. The van der Waals surface area contributed by atoms with Gasteiger partial charge >= 0.3 is 0 Å². The average molecular weight is 291 g/mol. The van der Waals surface area contributed by atoms with Crippen LogP contribution in [0.1, 0.15) is 45.1 Å². The van der Waals surface area contributed by atoms with Crippen molar-refractivity contribution >= 4 is 0 Å². The second kappa shape index (κ2) is 8.35. The van der Waals surface area contributed by atoms with Crippen LogP contribution in [0.25, 0.3) is 0 Å². The van der Waals surface area contributed by atoms with Gasteiger partial charge in [0, 0.05) is 43.5 Å². The van der Waals surface area contributed by atoms with Crippen molar-refractivity contribution in [1.82, 2.24) is 15.2 Å². The molecule has 1 aliphatic heterocycles. The summed E-state index contributed by atoms with van der Waals surface area (Å²) in [5, 5.41) is 3.71. The Labute approximate surface area is 128 Å². The molecule has 0 aliphatic carbocycles. The van der Waals surface area contributed by atoms with Gasteiger partial charge in [0.2, 0.25) is 5.88 Å². The molecule has 2 heterocycles. The lowest BCUT2D eigenvalue weighted by molar-refractivity contribution is 0.110. The standard InChI is InChI=1S/C17H29N3O/c1-4-7-15-13-20(16(8-5-2)11-19-15)12-14-9-6-10-18-17(14)21-3/h6,9-10,15-16,19H,4-5,7-8,11-13H2,1-3H3. The second-order valence-electron chi connectivity index (χ2n) is 5.94. The molecule has 118 valence electrons. The van der Waals surface area contributed by atoms with E-state index in [1.807, 2.05) is 6.07 Å². The lowest BCUT2D eigenvalue weighted by Crippen LogP contribution is -2.55. The van der Waals surface area contributed by atoms with E-state index in [2.05, 4.69) is 35.1 Å². The third-order valence-electron chi connectivity index (χ3n) is 4.29. The Bertz CT molecular complexity index is 424. The topological polar surface area (TPSA) is 37.4 Å². The molecule has 1 fully saturated rings. The van der Waals surface area contributed by atoms with Crippen LogP contribution in [0, 0.1) is 0 Å². The van der Waals surface area contributed by atoms with Gasteiger partial charge in [0.05, 0.1) is 7.11 Å². The number of rotatable bonds is 7. The van der Waals surface area contributed by atoms with Gasteiger partial charge in [-0.15, -0.1) is 0 Å². The van der Waals surface area contributed by atoms with E-state index in [1.165, 1.54) is 31.2 Å². The Hall–Kier alpha value is -1.13. The second-order valence-corrected chi connectivity index (χ2v) is 5.94. The number of piperazine rings is 1. The quantitative estimate of drug-likeness (QED) is 0.838. The zero-order valence-corrected chi connectivity index (χ0v) is 13.6. The van der Waals surface area contributed by atoms with Crippen LogP contribution in [-0.2, 0) is 6.54 Å². The Morgan fingerprint density at radius 3 is 2.86 bits per heavy atom. The summed E-state index contributed by atoms with van der Waals surface area (Å²) in [7, 11) is 1.70. The van der Waals surface area contributed by atoms with Crippen molar-refractivity contribution < 1.29 is 4.74 Å². The third-order valence-corrected chi connectivity index (χ3v) is 4.29. The maximum Gasteiger partial charge on any atom is 0.217 e. The van der Waals surface area contributed by atoms with Crippen molar-refractivity contribution in [2.75, 3.05) is 20.2 Å². The van der Waals surface area contributed by atoms with E-state index < -0.39 is 0 Å². The van der Waals surface area contributed by atoms with Crippen LogP contribution in [0.3, 0.4) is 0 Å². The maximum absolute atomic E-state index is 5.40. The van der Waals surface area contributed by atoms with Gasteiger partial charge in [0.15, 0.2) is 0 Å². The molecule has 1 N–H and O–H groups in total. The molecular weight excluding hydrogens is 262 g/mol. The Balaban J connectivity index is 2.08. The lowest BCUT2D eigenvalue weighted by Gasteiger charge is -2.40. The molecule has 1 aliphatic rings. The molecule has 0 saturated carbocycles. The molecule has 1 aromatic rings. The predicted molar refractivity (Wildman–Crippen MR) is 86.6 cm³/mol. The normalized spacial score (nSPS) is 23.2. The van der Waals surface area contributed by atoms with Gasteiger partial charge in [-0.05, 0) is 18.9 Å². The molecule has 4 heteroatoms. The minimum absolute atomic E-state index is 0.616. The fraction of sp³-hybridized carbons (Fsp3) is 0.706. The van der Waals surface area contributed by atoms with E-state index in [1.54, 1.807) is 13.3 Å². The first-order valence-electron chi connectivity index (χ1n) is 8.23. The van der Waals surface area contributed by atoms with Gasteiger partial charge in [0.25, 0.3) is 0 Å². The number of pyridine rings is 1. The maximum atomic E-state index is 5.40. The van der Waals surface area contributed by atoms with E-state index in [4.69, 9.17) is 4.74 Å². The molecular formula is C17H29N3O. The van der Waals surface area contributed by atoms with Crippen molar-refractivity contribution in [3.63, 3.8) is 0 Å². The van der Waals surface area contributed by atoms with E-state index >= 15 is 0 Å².